The van der Waals surface area contributed by atoms with Crippen molar-refractivity contribution in [2.45, 2.75) is 6.04 Å². The van der Waals surface area contributed by atoms with Gasteiger partial charge in [0.05, 0.1) is 19.3 Å². The minimum Gasteiger partial charge on any atom is -0.497 e. The lowest BCUT2D eigenvalue weighted by Crippen LogP contribution is -2.22. The van der Waals surface area contributed by atoms with Crippen LogP contribution in [0.3, 0.4) is 0 Å². The SMILES string of the molecule is COc1cccc(C2=C[C@@H](c3ccccc3)n3ncc(C(=O)Nc4ccc(Cl)cc4)c3N2)c1. The fourth-order valence-electron chi connectivity index (χ4n) is 3.84. The first kappa shape index (κ1) is 20.8. The Morgan fingerprint density at radius 1 is 1.06 bits per heavy atom. The summed E-state index contributed by atoms with van der Waals surface area (Å²) in [7, 11) is 1.64. The molecule has 0 saturated heterocycles. The molecular weight excluding hydrogens is 436 g/mol. The Hall–Kier alpha value is -4.03. The second-order valence-electron chi connectivity index (χ2n) is 7.61. The number of amides is 1. The second-order valence-corrected chi connectivity index (χ2v) is 8.04. The number of carbonyl (C=O) groups is 1. The molecule has 0 bridgehead atoms. The molecule has 5 rings (SSSR count). The standard InChI is InChI=1S/C26H21ClN4O2/c1-33-21-9-5-8-18(14-21)23-15-24(17-6-3-2-4-7-17)31-25(30-23)22(16-28-31)26(32)29-20-12-10-19(27)11-13-20/h2-16,24,30H,1H3,(H,29,32)/t24-/m0/s1. The van der Waals surface area contributed by atoms with E-state index in [0.717, 1.165) is 22.6 Å². The number of rotatable bonds is 5. The van der Waals surface area contributed by atoms with E-state index in [0.29, 0.717) is 22.1 Å². The van der Waals surface area contributed by atoms with Gasteiger partial charge < -0.3 is 15.4 Å². The third kappa shape index (κ3) is 4.21. The van der Waals surface area contributed by atoms with Gasteiger partial charge >= 0.3 is 0 Å². The summed E-state index contributed by atoms with van der Waals surface area (Å²) in [4.78, 5) is 13.1. The van der Waals surface area contributed by atoms with Gasteiger partial charge in [0.2, 0.25) is 0 Å². The molecule has 6 nitrogen and oxygen atoms in total. The van der Waals surface area contributed by atoms with Gasteiger partial charge in [0.1, 0.15) is 17.1 Å². The molecule has 0 fully saturated rings. The summed E-state index contributed by atoms with van der Waals surface area (Å²) in [5, 5.41) is 11.5. The van der Waals surface area contributed by atoms with E-state index in [9.17, 15) is 4.79 Å². The zero-order chi connectivity index (χ0) is 22.8. The normalized spacial score (nSPS) is 14.6. The van der Waals surface area contributed by atoms with Crippen molar-refractivity contribution < 1.29 is 9.53 Å². The number of hydrogen-bond acceptors (Lipinski definition) is 4. The van der Waals surface area contributed by atoms with Gasteiger partial charge in [-0.1, -0.05) is 54.1 Å². The molecule has 1 aliphatic rings. The van der Waals surface area contributed by atoms with Crippen molar-refractivity contribution in [3.8, 4) is 5.75 Å². The molecule has 1 aliphatic heterocycles. The van der Waals surface area contributed by atoms with Crippen LogP contribution in [0.15, 0.2) is 91.1 Å². The van der Waals surface area contributed by atoms with Crippen LogP contribution in [0.2, 0.25) is 5.02 Å². The van der Waals surface area contributed by atoms with E-state index in [1.165, 1.54) is 0 Å². The highest BCUT2D eigenvalue weighted by molar-refractivity contribution is 6.30. The Bertz CT molecular complexity index is 1330. The molecule has 0 radical (unpaired) electrons. The van der Waals surface area contributed by atoms with Gasteiger partial charge in [0, 0.05) is 22.0 Å². The lowest BCUT2D eigenvalue weighted by molar-refractivity contribution is 0.102. The molecule has 1 amide bonds. The highest BCUT2D eigenvalue weighted by atomic mass is 35.5. The summed E-state index contributed by atoms with van der Waals surface area (Å²) in [6.45, 7) is 0. The van der Waals surface area contributed by atoms with Gasteiger partial charge in [-0.2, -0.15) is 5.10 Å². The van der Waals surface area contributed by atoms with Crippen molar-refractivity contribution >= 4 is 34.7 Å². The summed E-state index contributed by atoms with van der Waals surface area (Å²) in [6.07, 6.45) is 3.69. The van der Waals surface area contributed by atoms with E-state index in [-0.39, 0.29) is 11.9 Å². The second kappa shape index (κ2) is 8.84. The average Bonchev–Trinajstić information content (AvgIpc) is 3.30. The Morgan fingerprint density at radius 2 is 1.85 bits per heavy atom. The molecule has 1 atom stereocenters. The molecule has 2 heterocycles. The average molecular weight is 457 g/mol. The summed E-state index contributed by atoms with van der Waals surface area (Å²) in [5.41, 5.74) is 3.99. The molecule has 33 heavy (non-hydrogen) atoms. The third-order valence-electron chi connectivity index (χ3n) is 5.51. The van der Waals surface area contributed by atoms with E-state index in [4.69, 9.17) is 16.3 Å². The molecule has 3 aromatic carbocycles. The summed E-state index contributed by atoms with van der Waals surface area (Å²) in [5.74, 6) is 1.12. The number of nitrogens with zero attached hydrogens (tertiary/aromatic N) is 2. The molecule has 0 saturated carbocycles. The van der Waals surface area contributed by atoms with E-state index in [2.05, 4.69) is 33.9 Å². The lowest BCUT2D eigenvalue weighted by Gasteiger charge is -2.26. The summed E-state index contributed by atoms with van der Waals surface area (Å²) < 4.78 is 7.23. The zero-order valence-corrected chi connectivity index (χ0v) is 18.6. The molecule has 4 aromatic rings. The van der Waals surface area contributed by atoms with Crippen LogP contribution >= 0.6 is 11.6 Å². The minimum atomic E-state index is -0.259. The van der Waals surface area contributed by atoms with Gasteiger partial charge in [-0.25, -0.2) is 4.68 Å². The van der Waals surface area contributed by atoms with Crippen LogP contribution in [0.1, 0.15) is 27.5 Å². The first-order chi connectivity index (χ1) is 16.1. The molecule has 0 unspecified atom stereocenters. The Kier molecular flexibility index (Phi) is 5.59. The van der Waals surface area contributed by atoms with Crippen LogP contribution in [0.4, 0.5) is 11.5 Å². The van der Waals surface area contributed by atoms with Crippen LogP contribution in [0.5, 0.6) is 5.75 Å². The van der Waals surface area contributed by atoms with Crippen molar-refractivity contribution in [1.82, 2.24) is 9.78 Å². The molecule has 164 valence electrons. The number of anilines is 2. The largest absolute Gasteiger partial charge is 0.497 e. The summed E-state index contributed by atoms with van der Waals surface area (Å²) in [6, 6.07) is 24.7. The third-order valence-corrected chi connectivity index (χ3v) is 5.76. The number of benzene rings is 3. The van der Waals surface area contributed by atoms with E-state index in [1.54, 1.807) is 37.6 Å². The number of nitrogens with one attached hydrogen (secondary N) is 2. The van der Waals surface area contributed by atoms with E-state index in [1.807, 2.05) is 47.1 Å². The number of allylic oxidation sites excluding steroid dienone is 1. The number of fused-ring (bicyclic) bond motifs is 1. The maximum Gasteiger partial charge on any atom is 0.261 e. The highest BCUT2D eigenvalue weighted by Crippen LogP contribution is 2.36. The van der Waals surface area contributed by atoms with Crippen LogP contribution < -0.4 is 15.4 Å². The first-order valence-corrected chi connectivity index (χ1v) is 10.8. The predicted molar refractivity (Wildman–Crippen MR) is 131 cm³/mol. The van der Waals surface area contributed by atoms with Crippen molar-refractivity contribution in [3.05, 3.63) is 113 Å². The fourth-order valence-corrected chi connectivity index (χ4v) is 3.97. The Balaban J connectivity index is 1.55. The van der Waals surface area contributed by atoms with Crippen LogP contribution in [0.25, 0.3) is 5.70 Å². The molecular formula is C26H21ClN4O2. The van der Waals surface area contributed by atoms with E-state index < -0.39 is 0 Å². The Morgan fingerprint density at radius 3 is 2.61 bits per heavy atom. The molecule has 1 aromatic heterocycles. The van der Waals surface area contributed by atoms with Crippen molar-refractivity contribution in [2.75, 3.05) is 17.7 Å². The van der Waals surface area contributed by atoms with Crippen molar-refractivity contribution in [2.24, 2.45) is 0 Å². The van der Waals surface area contributed by atoms with Crippen molar-refractivity contribution in [3.63, 3.8) is 0 Å². The first-order valence-electron chi connectivity index (χ1n) is 10.4. The Labute approximate surface area is 196 Å². The summed E-state index contributed by atoms with van der Waals surface area (Å²) >= 11 is 5.96. The van der Waals surface area contributed by atoms with Gasteiger partial charge in [-0.3, -0.25) is 4.79 Å². The van der Waals surface area contributed by atoms with Gasteiger partial charge in [0.15, 0.2) is 0 Å². The maximum atomic E-state index is 13.1. The number of methoxy groups -OCH3 is 1. The predicted octanol–water partition coefficient (Wildman–Crippen LogP) is 5.85. The van der Waals surface area contributed by atoms with Crippen LogP contribution in [-0.4, -0.2) is 22.8 Å². The molecule has 7 heteroatoms. The quantitative estimate of drug-likeness (QED) is 0.395. The minimum absolute atomic E-state index is 0.180. The van der Waals surface area contributed by atoms with Gasteiger partial charge in [-0.15, -0.1) is 0 Å². The monoisotopic (exact) mass is 456 g/mol. The number of halogens is 1. The molecule has 0 spiro atoms. The van der Waals surface area contributed by atoms with Gasteiger partial charge in [0.25, 0.3) is 5.91 Å². The number of ether oxygens (including phenoxy) is 1. The van der Waals surface area contributed by atoms with Gasteiger partial charge in [-0.05, 0) is 48.0 Å². The number of hydrogen-bond donors (Lipinski definition) is 2. The van der Waals surface area contributed by atoms with E-state index >= 15 is 0 Å². The van der Waals surface area contributed by atoms with Crippen molar-refractivity contribution in [1.29, 1.82) is 0 Å². The maximum absolute atomic E-state index is 13.1. The molecule has 2 N–H and O–H groups in total. The van der Waals surface area contributed by atoms with Crippen LogP contribution in [0, 0.1) is 0 Å². The fraction of sp³-hybridized carbons (Fsp3) is 0.0769. The topological polar surface area (TPSA) is 68.2 Å². The number of aromatic nitrogens is 2. The highest BCUT2D eigenvalue weighted by Gasteiger charge is 2.28. The smallest absolute Gasteiger partial charge is 0.261 e. The number of carbonyl (C=O) groups excluding carboxylic acids is 1. The zero-order valence-electron chi connectivity index (χ0n) is 17.8. The lowest BCUT2D eigenvalue weighted by atomic mass is 10.0. The van der Waals surface area contributed by atoms with Crippen LogP contribution in [-0.2, 0) is 0 Å². The molecule has 0 aliphatic carbocycles.